The summed E-state index contributed by atoms with van der Waals surface area (Å²) in [7, 11) is 0. The SMILES string of the molecule is Cc1c(-c2ccccc2)sc2ncn(CC(=O)Nc3cc([N+](=O)[O-])ccc3F)c(=O)c12. The maximum atomic E-state index is 13.9. The van der Waals surface area contributed by atoms with E-state index in [0.29, 0.717) is 10.2 Å². The zero-order chi connectivity index (χ0) is 22.1. The van der Waals surface area contributed by atoms with Gasteiger partial charge in [0.1, 0.15) is 17.2 Å². The summed E-state index contributed by atoms with van der Waals surface area (Å²) in [5, 5.41) is 13.6. The number of rotatable bonds is 5. The van der Waals surface area contributed by atoms with Crippen LogP contribution in [0.25, 0.3) is 20.7 Å². The molecule has 1 N–H and O–H groups in total. The summed E-state index contributed by atoms with van der Waals surface area (Å²) < 4.78 is 15.0. The van der Waals surface area contributed by atoms with Gasteiger partial charge in [0.25, 0.3) is 11.2 Å². The lowest BCUT2D eigenvalue weighted by Gasteiger charge is -2.08. The summed E-state index contributed by atoms with van der Waals surface area (Å²) in [6, 6.07) is 12.4. The van der Waals surface area contributed by atoms with Gasteiger partial charge in [-0.3, -0.25) is 24.3 Å². The fourth-order valence-corrected chi connectivity index (χ4v) is 4.35. The first-order valence-electron chi connectivity index (χ1n) is 9.13. The molecule has 0 aliphatic heterocycles. The molecule has 4 aromatic rings. The molecular formula is C21H15FN4O4S. The molecule has 0 atom stereocenters. The second-order valence-corrected chi connectivity index (χ2v) is 7.75. The molecule has 0 unspecified atom stereocenters. The first-order chi connectivity index (χ1) is 14.8. The second-order valence-electron chi connectivity index (χ2n) is 6.75. The van der Waals surface area contributed by atoms with E-state index in [9.17, 15) is 24.1 Å². The molecule has 10 heteroatoms. The van der Waals surface area contributed by atoms with Crippen LogP contribution in [0.1, 0.15) is 5.56 Å². The van der Waals surface area contributed by atoms with Crippen molar-refractivity contribution in [2.24, 2.45) is 0 Å². The second kappa shape index (κ2) is 8.07. The van der Waals surface area contributed by atoms with Gasteiger partial charge in [0, 0.05) is 17.0 Å². The van der Waals surface area contributed by atoms with Crippen molar-refractivity contribution in [3.8, 4) is 10.4 Å². The van der Waals surface area contributed by atoms with Crippen molar-refractivity contribution in [1.29, 1.82) is 0 Å². The number of non-ortho nitro benzene ring substituents is 1. The molecule has 0 radical (unpaired) electrons. The monoisotopic (exact) mass is 438 g/mol. The first kappa shape index (κ1) is 20.4. The van der Waals surface area contributed by atoms with Gasteiger partial charge >= 0.3 is 0 Å². The van der Waals surface area contributed by atoms with E-state index < -0.39 is 28.8 Å². The van der Waals surface area contributed by atoms with Crippen LogP contribution in [-0.4, -0.2) is 20.4 Å². The van der Waals surface area contributed by atoms with Gasteiger partial charge in [-0.15, -0.1) is 11.3 Å². The van der Waals surface area contributed by atoms with Crippen LogP contribution >= 0.6 is 11.3 Å². The Labute approximate surface area is 178 Å². The molecule has 31 heavy (non-hydrogen) atoms. The molecular weight excluding hydrogens is 423 g/mol. The normalized spacial score (nSPS) is 10.9. The van der Waals surface area contributed by atoms with Crippen LogP contribution in [0, 0.1) is 22.9 Å². The molecule has 2 aromatic carbocycles. The number of aromatic nitrogens is 2. The Kier molecular flexibility index (Phi) is 5.30. The number of nitrogens with zero attached hydrogens (tertiary/aromatic N) is 3. The highest BCUT2D eigenvalue weighted by molar-refractivity contribution is 7.22. The molecule has 0 saturated heterocycles. The Hall–Kier alpha value is -3.92. The number of carbonyl (C=O) groups is 1. The fourth-order valence-electron chi connectivity index (χ4n) is 3.20. The molecule has 0 bridgehead atoms. The summed E-state index contributed by atoms with van der Waals surface area (Å²) in [4.78, 5) is 41.3. The van der Waals surface area contributed by atoms with Crippen LogP contribution in [0.15, 0.2) is 59.7 Å². The lowest BCUT2D eigenvalue weighted by molar-refractivity contribution is -0.384. The fraction of sp³-hybridized carbons (Fsp3) is 0.0952. The van der Waals surface area contributed by atoms with Gasteiger partial charge in [-0.1, -0.05) is 30.3 Å². The number of hydrogen-bond donors (Lipinski definition) is 1. The van der Waals surface area contributed by atoms with Crippen molar-refractivity contribution >= 4 is 38.8 Å². The van der Waals surface area contributed by atoms with E-state index in [1.807, 2.05) is 37.3 Å². The van der Waals surface area contributed by atoms with E-state index in [1.165, 1.54) is 17.7 Å². The Bertz CT molecular complexity index is 1380. The van der Waals surface area contributed by atoms with Crippen LogP contribution in [-0.2, 0) is 11.3 Å². The van der Waals surface area contributed by atoms with Gasteiger partial charge in [0.15, 0.2) is 0 Å². The summed E-state index contributed by atoms with van der Waals surface area (Å²) in [5.41, 5.74) is 0.644. The number of hydrogen-bond acceptors (Lipinski definition) is 6. The highest BCUT2D eigenvalue weighted by Crippen LogP contribution is 2.35. The predicted octanol–water partition coefficient (Wildman–Crippen LogP) is 4.12. The standard InChI is InChI=1S/C21H15FN4O4S/c1-12-18-20(31-19(12)13-5-3-2-4-6-13)23-11-25(21(18)28)10-17(27)24-16-9-14(26(29)30)7-8-15(16)22/h2-9,11H,10H2,1H3,(H,24,27). The maximum Gasteiger partial charge on any atom is 0.271 e. The van der Waals surface area contributed by atoms with Crippen molar-refractivity contribution in [3.05, 3.63) is 86.7 Å². The number of fused-ring (bicyclic) bond motifs is 1. The molecule has 0 fully saturated rings. The van der Waals surface area contributed by atoms with Crippen LogP contribution in [0.2, 0.25) is 0 Å². The molecule has 4 rings (SSSR count). The van der Waals surface area contributed by atoms with Gasteiger partial charge in [0.05, 0.1) is 22.3 Å². The van der Waals surface area contributed by atoms with Gasteiger partial charge in [-0.05, 0) is 24.1 Å². The summed E-state index contributed by atoms with van der Waals surface area (Å²) in [6.07, 6.45) is 1.26. The van der Waals surface area contributed by atoms with E-state index in [4.69, 9.17) is 0 Å². The van der Waals surface area contributed by atoms with E-state index >= 15 is 0 Å². The van der Waals surface area contributed by atoms with Gasteiger partial charge in [0.2, 0.25) is 5.91 Å². The smallest absolute Gasteiger partial charge is 0.271 e. The summed E-state index contributed by atoms with van der Waals surface area (Å²) in [6.45, 7) is 1.41. The number of aryl methyl sites for hydroxylation is 1. The Morgan fingerprint density at radius 3 is 2.71 bits per heavy atom. The summed E-state index contributed by atoms with van der Waals surface area (Å²) >= 11 is 1.39. The molecule has 2 heterocycles. The Balaban J connectivity index is 1.64. The van der Waals surface area contributed by atoms with Gasteiger partial charge < -0.3 is 5.32 Å². The largest absolute Gasteiger partial charge is 0.322 e. The van der Waals surface area contributed by atoms with E-state index in [-0.39, 0.29) is 11.4 Å². The predicted molar refractivity (Wildman–Crippen MR) is 116 cm³/mol. The molecule has 0 spiro atoms. The number of nitro groups is 1. The van der Waals surface area contributed by atoms with Crippen molar-refractivity contribution in [2.75, 3.05) is 5.32 Å². The third-order valence-corrected chi connectivity index (χ3v) is 5.95. The van der Waals surface area contributed by atoms with Crippen LogP contribution < -0.4 is 10.9 Å². The number of benzene rings is 2. The topological polar surface area (TPSA) is 107 Å². The highest BCUT2D eigenvalue weighted by atomic mass is 32.1. The Morgan fingerprint density at radius 1 is 1.26 bits per heavy atom. The molecule has 0 aliphatic rings. The minimum absolute atomic E-state index is 0.334. The zero-order valence-electron chi connectivity index (χ0n) is 16.2. The van der Waals surface area contributed by atoms with Gasteiger partial charge in [-0.25, -0.2) is 9.37 Å². The van der Waals surface area contributed by atoms with E-state index in [2.05, 4.69) is 10.3 Å². The minimum Gasteiger partial charge on any atom is -0.322 e. The van der Waals surface area contributed by atoms with Gasteiger partial charge in [-0.2, -0.15) is 0 Å². The molecule has 2 aromatic heterocycles. The number of anilines is 1. The van der Waals surface area contributed by atoms with Crippen molar-refractivity contribution in [2.45, 2.75) is 13.5 Å². The lowest BCUT2D eigenvalue weighted by Crippen LogP contribution is -2.28. The summed E-state index contributed by atoms with van der Waals surface area (Å²) in [5.74, 6) is -1.53. The molecule has 0 saturated carbocycles. The molecule has 156 valence electrons. The number of nitrogens with one attached hydrogen (secondary N) is 1. The number of nitro benzene ring substituents is 1. The van der Waals surface area contributed by atoms with Crippen molar-refractivity contribution in [1.82, 2.24) is 9.55 Å². The first-order valence-corrected chi connectivity index (χ1v) is 9.94. The quantitative estimate of drug-likeness (QED) is 0.373. The number of amides is 1. The minimum atomic E-state index is -0.818. The zero-order valence-corrected chi connectivity index (χ0v) is 17.0. The third-order valence-electron chi connectivity index (χ3n) is 4.70. The van der Waals surface area contributed by atoms with Crippen molar-refractivity contribution in [3.63, 3.8) is 0 Å². The van der Waals surface area contributed by atoms with E-state index in [1.54, 1.807) is 0 Å². The van der Waals surface area contributed by atoms with Crippen molar-refractivity contribution < 1.29 is 14.1 Å². The molecule has 8 nitrogen and oxygen atoms in total. The number of halogens is 1. The van der Waals surface area contributed by atoms with Crippen LogP contribution in [0.3, 0.4) is 0 Å². The highest BCUT2D eigenvalue weighted by Gasteiger charge is 2.18. The number of thiophene rings is 1. The van der Waals surface area contributed by atoms with Crippen LogP contribution in [0.5, 0.6) is 0 Å². The average Bonchev–Trinajstić information content (AvgIpc) is 3.09. The third kappa shape index (κ3) is 3.92. The Morgan fingerprint density at radius 2 is 2.00 bits per heavy atom. The maximum absolute atomic E-state index is 13.9. The molecule has 1 amide bonds. The molecule has 0 aliphatic carbocycles. The number of carbonyl (C=O) groups excluding carboxylic acids is 1. The van der Waals surface area contributed by atoms with Crippen LogP contribution in [0.4, 0.5) is 15.8 Å². The lowest BCUT2D eigenvalue weighted by atomic mass is 10.1. The average molecular weight is 438 g/mol. The van der Waals surface area contributed by atoms with E-state index in [0.717, 1.165) is 38.8 Å².